The standard InChI is InChI=1S/C17H20N4O4S2/c1-11-3-4-12(15(23)24-2)9-13(11)18-14(22)10-26-17-20-19-16(27-17)21-5-7-25-8-6-21/h3-4,9H,5-8,10H2,1-2H3,(H,18,22). The highest BCUT2D eigenvalue weighted by Gasteiger charge is 2.17. The molecule has 0 saturated carbocycles. The topological polar surface area (TPSA) is 93.6 Å². The second-order valence-electron chi connectivity index (χ2n) is 5.81. The van der Waals surface area contributed by atoms with Gasteiger partial charge in [-0.15, -0.1) is 10.2 Å². The van der Waals surface area contributed by atoms with Gasteiger partial charge in [-0.05, 0) is 24.6 Å². The Morgan fingerprint density at radius 1 is 1.33 bits per heavy atom. The van der Waals surface area contributed by atoms with Gasteiger partial charge in [-0.25, -0.2) is 4.79 Å². The van der Waals surface area contributed by atoms with Crippen molar-refractivity contribution in [1.29, 1.82) is 0 Å². The van der Waals surface area contributed by atoms with Gasteiger partial charge < -0.3 is 19.7 Å². The Morgan fingerprint density at radius 3 is 2.85 bits per heavy atom. The normalized spacial score (nSPS) is 14.1. The highest BCUT2D eigenvalue weighted by atomic mass is 32.2. The SMILES string of the molecule is COC(=O)c1ccc(C)c(NC(=O)CSc2nnc(N3CCOCC3)s2)c1. The maximum absolute atomic E-state index is 12.3. The van der Waals surface area contributed by atoms with E-state index < -0.39 is 5.97 Å². The smallest absolute Gasteiger partial charge is 0.337 e. The number of hydrogen-bond acceptors (Lipinski definition) is 9. The van der Waals surface area contributed by atoms with Crippen LogP contribution in [0.1, 0.15) is 15.9 Å². The van der Waals surface area contributed by atoms with Gasteiger partial charge >= 0.3 is 5.97 Å². The van der Waals surface area contributed by atoms with Crippen molar-refractivity contribution < 1.29 is 19.1 Å². The largest absolute Gasteiger partial charge is 0.465 e. The summed E-state index contributed by atoms with van der Waals surface area (Å²) < 4.78 is 10.8. The Bertz CT molecular complexity index is 821. The van der Waals surface area contributed by atoms with Crippen molar-refractivity contribution in [3.8, 4) is 0 Å². The molecule has 27 heavy (non-hydrogen) atoms. The lowest BCUT2D eigenvalue weighted by Gasteiger charge is -2.25. The molecule has 1 aliphatic rings. The number of hydrogen-bond donors (Lipinski definition) is 1. The number of nitrogens with zero attached hydrogens (tertiary/aromatic N) is 3. The molecule has 8 nitrogen and oxygen atoms in total. The fourth-order valence-electron chi connectivity index (χ4n) is 2.46. The Hall–Kier alpha value is -2.17. The minimum atomic E-state index is -0.440. The average molecular weight is 409 g/mol. The number of morpholine rings is 1. The number of aryl methyl sites for hydroxylation is 1. The van der Waals surface area contributed by atoms with Crippen LogP contribution in [0.15, 0.2) is 22.5 Å². The molecule has 1 amide bonds. The molecule has 0 radical (unpaired) electrons. The first-order valence-electron chi connectivity index (χ1n) is 8.34. The molecule has 3 rings (SSSR count). The van der Waals surface area contributed by atoms with Crippen LogP contribution < -0.4 is 10.2 Å². The number of methoxy groups -OCH3 is 1. The summed E-state index contributed by atoms with van der Waals surface area (Å²) in [6, 6.07) is 5.06. The predicted molar refractivity (Wildman–Crippen MR) is 105 cm³/mol. The minimum Gasteiger partial charge on any atom is -0.465 e. The van der Waals surface area contributed by atoms with E-state index in [1.54, 1.807) is 18.2 Å². The first-order valence-corrected chi connectivity index (χ1v) is 10.1. The highest BCUT2D eigenvalue weighted by Crippen LogP contribution is 2.28. The van der Waals surface area contributed by atoms with Crippen LogP contribution in [0.25, 0.3) is 0 Å². The van der Waals surface area contributed by atoms with Gasteiger partial charge in [0.05, 0.1) is 31.6 Å². The Morgan fingerprint density at radius 2 is 2.11 bits per heavy atom. The summed E-state index contributed by atoms with van der Waals surface area (Å²) in [6.45, 7) is 4.84. The molecule has 1 fully saturated rings. The summed E-state index contributed by atoms with van der Waals surface area (Å²) in [5.74, 6) is -0.405. The lowest BCUT2D eigenvalue weighted by molar-refractivity contribution is -0.113. The van der Waals surface area contributed by atoms with E-state index in [-0.39, 0.29) is 11.7 Å². The van der Waals surface area contributed by atoms with Gasteiger partial charge in [-0.3, -0.25) is 4.79 Å². The molecule has 1 saturated heterocycles. The first kappa shape index (κ1) is 19.6. The molecular formula is C17H20N4O4S2. The van der Waals surface area contributed by atoms with Crippen LogP contribution in [-0.4, -0.2) is 61.2 Å². The number of aromatic nitrogens is 2. The van der Waals surface area contributed by atoms with Crippen LogP contribution in [0.2, 0.25) is 0 Å². The zero-order valence-electron chi connectivity index (χ0n) is 15.1. The number of carbonyl (C=O) groups is 2. The van der Waals surface area contributed by atoms with Gasteiger partial charge in [0, 0.05) is 18.8 Å². The minimum absolute atomic E-state index is 0.173. The third-order valence-corrected chi connectivity index (χ3v) is 6.05. The van der Waals surface area contributed by atoms with Gasteiger partial charge in [-0.2, -0.15) is 0 Å². The van der Waals surface area contributed by atoms with E-state index in [2.05, 4.69) is 20.4 Å². The second-order valence-corrected chi connectivity index (χ2v) is 7.99. The maximum atomic E-state index is 12.3. The maximum Gasteiger partial charge on any atom is 0.337 e. The van der Waals surface area contributed by atoms with E-state index in [4.69, 9.17) is 9.47 Å². The van der Waals surface area contributed by atoms with E-state index >= 15 is 0 Å². The summed E-state index contributed by atoms with van der Waals surface area (Å²) in [5.41, 5.74) is 1.85. The molecule has 0 unspecified atom stereocenters. The number of benzene rings is 1. The molecule has 1 aromatic heterocycles. The van der Waals surface area contributed by atoms with Crippen molar-refractivity contribution in [3.05, 3.63) is 29.3 Å². The molecule has 2 aromatic rings. The fourth-order valence-corrected chi connectivity index (χ4v) is 4.15. The van der Waals surface area contributed by atoms with E-state index in [9.17, 15) is 9.59 Å². The molecule has 0 spiro atoms. The van der Waals surface area contributed by atoms with Gasteiger partial charge in [-0.1, -0.05) is 29.2 Å². The van der Waals surface area contributed by atoms with Crippen LogP contribution >= 0.6 is 23.1 Å². The van der Waals surface area contributed by atoms with Crippen LogP contribution in [0.3, 0.4) is 0 Å². The van der Waals surface area contributed by atoms with Crippen molar-refractivity contribution >= 4 is 45.8 Å². The molecule has 1 N–H and O–H groups in total. The number of carbonyl (C=O) groups excluding carboxylic acids is 2. The van der Waals surface area contributed by atoms with Crippen molar-refractivity contribution in [2.45, 2.75) is 11.3 Å². The zero-order chi connectivity index (χ0) is 19.2. The van der Waals surface area contributed by atoms with Gasteiger partial charge in [0.1, 0.15) is 0 Å². The summed E-state index contributed by atoms with van der Waals surface area (Å²) >= 11 is 2.81. The van der Waals surface area contributed by atoms with Gasteiger partial charge in [0.15, 0.2) is 4.34 Å². The number of esters is 1. The lowest BCUT2D eigenvalue weighted by Crippen LogP contribution is -2.36. The average Bonchev–Trinajstić information content (AvgIpc) is 3.17. The Balaban J connectivity index is 1.55. The third kappa shape index (κ3) is 5.18. The molecule has 1 aliphatic heterocycles. The molecule has 2 heterocycles. The Labute approximate surface area is 165 Å². The summed E-state index contributed by atoms with van der Waals surface area (Å²) in [5, 5.41) is 12.0. The molecule has 144 valence electrons. The molecule has 0 atom stereocenters. The van der Waals surface area contributed by atoms with Gasteiger partial charge in [0.2, 0.25) is 11.0 Å². The van der Waals surface area contributed by atoms with Crippen LogP contribution in [0.4, 0.5) is 10.8 Å². The van der Waals surface area contributed by atoms with Crippen LogP contribution in [0.5, 0.6) is 0 Å². The van der Waals surface area contributed by atoms with Gasteiger partial charge in [0.25, 0.3) is 0 Å². The number of nitrogens with one attached hydrogen (secondary N) is 1. The van der Waals surface area contributed by atoms with Crippen molar-refractivity contribution in [1.82, 2.24) is 10.2 Å². The van der Waals surface area contributed by atoms with E-state index in [0.717, 1.165) is 28.1 Å². The fraction of sp³-hybridized carbons (Fsp3) is 0.412. The summed E-state index contributed by atoms with van der Waals surface area (Å²) in [6.07, 6.45) is 0. The number of ether oxygens (including phenoxy) is 2. The second kappa shape index (κ2) is 9.16. The molecule has 10 heteroatoms. The van der Waals surface area contributed by atoms with Crippen LogP contribution in [-0.2, 0) is 14.3 Å². The lowest BCUT2D eigenvalue weighted by atomic mass is 10.1. The summed E-state index contributed by atoms with van der Waals surface area (Å²) in [7, 11) is 1.32. The molecular weight excluding hydrogens is 388 g/mol. The molecule has 0 aliphatic carbocycles. The van der Waals surface area contributed by atoms with Crippen molar-refractivity contribution in [2.24, 2.45) is 0 Å². The third-order valence-electron chi connectivity index (χ3n) is 3.94. The monoisotopic (exact) mass is 408 g/mol. The molecule has 0 bridgehead atoms. The number of anilines is 2. The Kier molecular flexibility index (Phi) is 6.64. The first-order chi connectivity index (χ1) is 13.1. The number of thioether (sulfide) groups is 1. The summed E-state index contributed by atoms with van der Waals surface area (Å²) in [4.78, 5) is 26.1. The van der Waals surface area contributed by atoms with Crippen molar-refractivity contribution in [3.63, 3.8) is 0 Å². The zero-order valence-corrected chi connectivity index (χ0v) is 16.7. The van der Waals surface area contributed by atoms with Crippen LogP contribution in [0, 0.1) is 6.92 Å². The predicted octanol–water partition coefficient (Wildman–Crippen LogP) is 2.20. The van der Waals surface area contributed by atoms with E-state index in [1.807, 2.05) is 6.92 Å². The van der Waals surface area contributed by atoms with E-state index in [1.165, 1.54) is 30.2 Å². The highest BCUT2D eigenvalue weighted by molar-refractivity contribution is 8.01. The van der Waals surface area contributed by atoms with Crippen molar-refractivity contribution in [2.75, 3.05) is 49.4 Å². The number of amides is 1. The quantitative estimate of drug-likeness (QED) is 0.574. The van der Waals surface area contributed by atoms with E-state index in [0.29, 0.717) is 24.5 Å². The molecule has 1 aromatic carbocycles. The number of rotatable bonds is 6.